The van der Waals surface area contributed by atoms with Crippen molar-refractivity contribution < 1.29 is 10.2 Å². The molecule has 0 amide bonds. The van der Waals surface area contributed by atoms with Gasteiger partial charge >= 0.3 is 0 Å². The molecule has 0 aliphatic heterocycles. The number of rotatable bonds is 3. The standard InChI is InChI=1S/C13H20O2/c1-13(2,3)7-10-4-11(8-14)6-12(5-10)9-15/h4-6,14-15H,7-9H2,1-3H3. The van der Waals surface area contributed by atoms with Crippen molar-refractivity contribution in [1.82, 2.24) is 0 Å². The van der Waals surface area contributed by atoms with E-state index in [0.29, 0.717) is 0 Å². The normalized spacial score (nSPS) is 11.8. The number of aliphatic hydroxyl groups is 2. The Bertz CT molecular complexity index is 302. The number of benzene rings is 1. The molecule has 0 saturated heterocycles. The van der Waals surface area contributed by atoms with Gasteiger partial charge in [-0.3, -0.25) is 0 Å². The second-order valence-corrected chi connectivity index (χ2v) is 5.21. The second kappa shape index (κ2) is 4.77. The lowest BCUT2D eigenvalue weighted by Gasteiger charge is -2.19. The van der Waals surface area contributed by atoms with Crippen LogP contribution in [0.3, 0.4) is 0 Å². The van der Waals surface area contributed by atoms with Crippen molar-refractivity contribution in [2.45, 2.75) is 40.4 Å². The molecular weight excluding hydrogens is 188 g/mol. The molecule has 0 aromatic heterocycles. The minimum absolute atomic E-state index is 0.0327. The molecule has 0 saturated carbocycles. The van der Waals surface area contributed by atoms with Crippen LogP contribution in [0.15, 0.2) is 18.2 Å². The van der Waals surface area contributed by atoms with E-state index < -0.39 is 0 Å². The van der Waals surface area contributed by atoms with Crippen LogP contribution in [0, 0.1) is 5.41 Å². The summed E-state index contributed by atoms with van der Waals surface area (Å²) >= 11 is 0. The molecule has 15 heavy (non-hydrogen) atoms. The molecule has 2 heteroatoms. The van der Waals surface area contributed by atoms with Crippen molar-refractivity contribution in [3.05, 3.63) is 34.9 Å². The van der Waals surface area contributed by atoms with E-state index in [1.165, 1.54) is 5.56 Å². The number of hydrogen-bond acceptors (Lipinski definition) is 2. The Morgan fingerprint density at radius 3 is 1.60 bits per heavy atom. The molecule has 0 aliphatic carbocycles. The summed E-state index contributed by atoms with van der Waals surface area (Å²) < 4.78 is 0. The Kier molecular flexibility index (Phi) is 3.89. The molecule has 2 N–H and O–H groups in total. The van der Waals surface area contributed by atoms with Crippen molar-refractivity contribution in [2.24, 2.45) is 5.41 Å². The summed E-state index contributed by atoms with van der Waals surface area (Å²) in [6.07, 6.45) is 0.952. The largest absolute Gasteiger partial charge is 0.392 e. The molecule has 0 heterocycles. The smallest absolute Gasteiger partial charge is 0.0682 e. The molecule has 0 atom stereocenters. The highest BCUT2D eigenvalue weighted by atomic mass is 16.3. The van der Waals surface area contributed by atoms with Crippen LogP contribution in [0.5, 0.6) is 0 Å². The second-order valence-electron chi connectivity index (χ2n) is 5.21. The van der Waals surface area contributed by atoms with Crippen molar-refractivity contribution >= 4 is 0 Å². The van der Waals surface area contributed by atoms with E-state index >= 15 is 0 Å². The zero-order chi connectivity index (χ0) is 11.5. The highest BCUT2D eigenvalue weighted by Gasteiger charge is 2.12. The molecule has 0 unspecified atom stereocenters. The third kappa shape index (κ3) is 4.02. The van der Waals surface area contributed by atoms with E-state index in [-0.39, 0.29) is 18.6 Å². The van der Waals surface area contributed by atoms with Crippen LogP contribution < -0.4 is 0 Å². The van der Waals surface area contributed by atoms with Gasteiger partial charge in [-0.15, -0.1) is 0 Å². The van der Waals surface area contributed by atoms with Crippen molar-refractivity contribution in [2.75, 3.05) is 0 Å². The van der Waals surface area contributed by atoms with Gasteiger partial charge in [-0.2, -0.15) is 0 Å². The molecule has 0 fully saturated rings. The van der Waals surface area contributed by atoms with E-state index in [1.54, 1.807) is 0 Å². The van der Waals surface area contributed by atoms with Gasteiger partial charge in [0, 0.05) is 0 Å². The van der Waals surface area contributed by atoms with Gasteiger partial charge in [-0.25, -0.2) is 0 Å². The maximum absolute atomic E-state index is 9.10. The Hall–Kier alpha value is -0.860. The molecule has 0 radical (unpaired) electrons. The Morgan fingerprint density at radius 2 is 1.27 bits per heavy atom. The minimum Gasteiger partial charge on any atom is -0.392 e. The fourth-order valence-electron chi connectivity index (χ4n) is 1.74. The van der Waals surface area contributed by atoms with Crippen LogP contribution in [0.4, 0.5) is 0 Å². The van der Waals surface area contributed by atoms with Crippen molar-refractivity contribution in [1.29, 1.82) is 0 Å². The minimum atomic E-state index is 0.0327. The monoisotopic (exact) mass is 208 g/mol. The lowest BCUT2D eigenvalue weighted by Crippen LogP contribution is -2.09. The summed E-state index contributed by atoms with van der Waals surface area (Å²) in [5.41, 5.74) is 3.15. The van der Waals surface area contributed by atoms with Crippen molar-refractivity contribution in [3.8, 4) is 0 Å². The summed E-state index contributed by atoms with van der Waals surface area (Å²) in [5.74, 6) is 0. The van der Waals surface area contributed by atoms with Gasteiger partial charge in [0.05, 0.1) is 13.2 Å². The summed E-state index contributed by atoms with van der Waals surface area (Å²) in [4.78, 5) is 0. The first kappa shape index (κ1) is 12.2. The zero-order valence-corrected chi connectivity index (χ0v) is 9.75. The van der Waals surface area contributed by atoms with E-state index in [4.69, 9.17) is 10.2 Å². The summed E-state index contributed by atoms with van der Waals surface area (Å²) in [6.45, 7) is 6.60. The fraction of sp³-hybridized carbons (Fsp3) is 0.538. The van der Waals surface area contributed by atoms with Gasteiger partial charge in [-0.05, 0) is 28.5 Å². The van der Waals surface area contributed by atoms with Crippen LogP contribution in [0.2, 0.25) is 0 Å². The van der Waals surface area contributed by atoms with Crippen LogP contribution in [-0.4, -0.2) is 10.2 Å². The Morgan fingerprint density at radius 1 is 0.867 bits per heavy atom. The first-order chi connectivity index (χ1) is 6.94. The molecule has 1 rings (SSSR count). The maximum Gasteiger partial charge on any atom is 0.0682 e. The van der Waals surface area contributed by atoms with Gasteiger partial charge in [0.25, 0.3) is 0 Å². The highest BCUT2D eigenvalue weighted by Crippen LogP contribution is 2.22. The van der Waals surface area contributed by atoms with Gasteiger partial charge in [0.1, 0.15) is 0 Å². The van der Waals surface area contributed by atoms with Gasteiger partial charge in [0.2, 0.25) is 0 Å². The van der Waals surface area contributed by atoms with E-state index in [0.717, 1.165) is 17.5 Å². The average Bonchev–Trinajstić information content (AvgIpc) is 2.14. The number of aliphatic hydroxyl groups excluding tert-OH is 2. The van der Waals surface area contributed by atoms with Crippen LogP contribution >= 0.6 is 0 Å². The Labute approximate surface area is 91.6 Å². The third-order valence-corrected chi connectivity index (χ3v) is 2.21. The summed E-state index contributed by atoms with van der Waals surface area (Å²) in [6, 6.07) is 5.85. The fourth-order valence-corrected chi connectivity index (χ4v) is 1.74. The van der Waals surface area contributed by atoms with E-state index in [2.05, 4.69) is 20.8 Å². The lowest BCUT2D eigenvalue weighted by molar-refractivity contribution is 0.275. The summed E-state index contributed by atoms with van der Waals surface area (Å²) in [5, 5.41) is 18.2. The molecule has 0 aliphatic rings. The Balaban J connectivity index is 2.97. The SMILES string of the molecule is CC(C)(C)Cc1cc(CO)cc(CO)c1. The summed E-state index contributed by atoms with van der Waals surface area (Å²) in [7, 11) is 0. The highest BCUT2D eigenvalue weighted by molar-refractivity contribution is 5.30. The molecule has 0 bridgehead atoms. The van der Waals surface area contributed by atoms with Gasteiger partial charge < -0.3 is 10.2 Å². The first-order valence-electron chi connectivity index (χ1n) is 5.28. The van der Waals surface area contributed by atoms with Gasteiger partial charge in [0.15, 0.2) is 0 Å². The van der Waals surface area contributed by atoms with Crippen LogP contribution in [0.25, 0.3) is 0 Å². The maximum atomic E-state index is 9.10. The molecule has 1 aromatic carbocycles. The van der Waals surface area contributed by atoms with Crippen molar-refractivity contribution in [3.63, 3.8) is 0 Å². The lowest BCUT2D eigenvalue weighted by atomic mass is 9.87. The quantitative estimate of drug-likeness (QED) is 0.800. The average molecular weight is 208 g/mol. The predicted molar refractivity (Wildman–Crippen MR) is 61.4 cm³/mol. The zero-order valence-electron chi connectivity index (χ0n) is 9.75. The molecule has 0 spiro atoms. The predicted octanol–water partition coefficient (Wildman–Crippen LogP) is 2.26. The first-order valence-corrected chi connectivity index (χ1v) is 5.28. The number of hydrogen-bond donors (Lipinski definition) is 2. The van der Waals surface area contributed by atoms with E-state index in [9.17, 15) is 0 Å². The molecule has 2 nitrogen and oxygen atoms in total. The molecule has 1 aromatic rings. The molecular formula is C13H20O2. The van der Waals surface area contributed by atoms with Crippen LogP contribution in [-0.2, 0) is 19.6 Å². The van der Waals surface area contributed by atoms with E-state index in [1.807, 2.05) is 18.2 Å². The molecule has 84 valence electrons. The third-order valence-electron chi connectivity index (χ3n) is 2.21. The topological polar surface area (TPSA) is 40.5 Å². The van der Waals surface area contributed by atoms with Gasteiger partial charge in [-0.1, -0.05) is 39.0 Å². The van der Waals surface area contributed by atoms with Crippen LogP contribution in [0.1, 0.15) is 37.5 Å².